The van der Waals surface area contributed by atoms with E-state index in [1.165, 1.54) is 40.6 Å². The summed E-state index contributed by atoms with van der Waals surface area (Å²) in [5, 5.41) is 4.29. The number of hydrogen-bond acceptors (Lipinski definition) is 4. The Morgan fingerprint density at radius 2 is 2.32 bits per heavy atom. The third-order valence-corrected chi connectivity index (χ3v) is 5.75. The summed E-state index contributed by atoms with van der Waals surface area (Å²) in [5.74, 6) is 1.29. The number of thiophene rings is 1. The van der Waals surface area contributed by atoms with Crippen molar-refractivity contribution in [2.45, 2.75) is 45.5 Å². The molecule has 0 amide bonds. The number of rotatable bonds is 6. The SMILES string of the molecule is CCCNCc1cc(CN2CCSC(C)C2)c(C)s1. The highest BCUT2D eigenvalue weighted by molar-refractivity contribution is 7.99. The van der Waals surface area contributed by atoms with Gasteiger partial charge in [0.1, 0.15) is 0 Å². The van der Waals surface area contributed by atoms with Gasteiger partial charge in [-0.15, -0.1) is 11.3 Å². The lowest BCUT2D eigenvalue weighted by Crippen LogP contribution is -2.36. The second kappa shape index (κ2) is 7.67. The molecule has 2 nitrogen and oxygen atoms in total. The van der Waals surface area contributed by atoms with Gasteiger partial charge in [-0.25, -0.2) is 0 Å². The Bertz CT molecular complexity index is 389. The Hall–Kier alpha value is -0.0300. The summed E-state index contributed by atoms with van der Waals surface area (Å²) in [6, 6.07) is 2.41. The maximum absolute atomic E-state index is 3.50. The Kier molecular flexibility index (Phi) is 6.20. The Labute approximate surface area is 126 Å². The van der Waals surface area contributed by atoms with E-state index in [1.54, 1.807) is 0 Å². The zero-order valence-corrected chi connectivity index (χ0v) is 14.0. The van der Waals surface area contributed by atoms with E-state index in [-0.39, 0.29) is 0 Å². The van der Waals surface area contributed by atoms with E-state index in [0.29, 0.717) is 0 Å². The van der Waals surface area contributed by atoms with Gasteiger partial charge >= 0.3 is 0 Å². The van der Waals surface area contributed by atoms with Crippen LogP contribution in [0, 0.1) is 6.92 Å². The zero-order valence-electron chi connectivity index (χ0n) is 12.4. The second-order valence-electron chi connectivity index (χ2n) is 5.39. The van der Waals surface area contributed by atoms with Crippen molar-refractivity contribution in [3.63, 3.8) is 0 Å². The highest BCUT2D eigenvalue weighted by Gasteiger charge is 2.18. The topological polar surface area (TPSA) is 15.3 Å². The van der Waals surface area contributed by atoms with Crippen molar-refractivity contribution in [2.24, 2.45) is 0 Å². The van der Waals surface area contributed by atoms with Gasteiger partial charge in [0.2, 0.25) is 0 Å². The molecule has 1 saturated heterocycles. The molecule has 1 aliphatic heterocycles. The lowest BCUT2D eigenvalue weighted by molar-refractivity contribution is 0.278. The minimum Gasteiger partial charge on any atom is -0.312 e. The Balaban J connectivity index is 1.89. The summed E-state index contributed by atoms with van der Waals surface area (Å²) in [7, 11) is 0. The lowest BCUT2D eigenvalue weighted by atomic mass is 10.2. The van der Waals surface area contributed by atoms with Gasteiger partial charge in [-0.2, -0.15) is 11.8 Å². The molecule has 0 saturated carbocycles. The molecule has 1 aliphatic rings. The third-order valence-electron chi connectivity index (χ3n) is 3.52. The van der Waals surface area contributed by atoms with Gasteiger partial charge in [-0.3, -0.25) is 4.90 Å². The number of aryl methyl sites for hydroxylation is 1. The van der Waals surface area contributed by atoms with Crippen LogP contribution in [0.5, 0.6) is 0 Å². The fourth-order valence-electron chi connectivity index (χ4n) is 2.50. The van der Waals surface area contributed by atoms with E-state index in [0.717, 1.165) is 24.9 Å². The minimum absolute atomic E-state index is 0.790. The quantitative estimate of drug-likeness (QED) is 0.809. The fourth-order valence-corrected chi connectivity index (χ4v) is 4.60. The summed E-state index contributed by atoms with van der Waals surface area (Å²) in [6.45, 7) is 12.6. The molecule has 1 N–H and O–H groups in total. The molecule has 0 radical (unpaired) electrons. The number of nitrogens with zero attached hydrogens (tertiary/aromatic N) is 1. The molecule has 2 rings (SSSR count). The van der Waals surface area contributed by atoms with Crippen LogP contribution < -0.4 is 5.32 Å². The predicted octanol–water partition coefficient (Wildman–Crippen LogP) is 3.49. The molecule has 0 aliphatic carbocycles. The van der Waals surface area contributed by atoms with Crippen molar-refractivity contribution in [2.75, 3.05) is 25.4 Å². The van der Waals surface area contributed by atoms with Gasteiger partial charge < -0.3 is 5.32 Å². The predicted molar refractivity (Wildman–Crippen MR) is 88.3 cm³/mol. The molecule has 1 unspecified atom stereocenters. The van der Waals surface area contributed by atoms with Gasteiger partial charge in [0.15, 0.2) is 0 Å². The van der Waals surface area contributed by atoms with Crippen molar-refractivity contribution >= 4 is 23.1 Å². The van der Waals surface area contributed by atoms with Gasteiger partial charge in [0.05, 0.1) is 0 Å². The maximum Gasteiger partial charge on any atom is 0.0299 e. The Morgan fingerprint density at radius 1 is 1.47 bits per heavy atom. The average Bonchev–Trinajstić information content (AvgIpc) is 2.70. The fraction of sp³-hybridized carbons (Fsp3) is 0.733. The molecular formula is C15H26N2S2. The van der Waals surface area contributed by atoms with Crippen LogP contribution in [-0.4, -0.2) is 35.5 Å². The van der Waals surface area contributed by atoms with Crippen LogP contribution >= 0.6 is 23.1 Å². The molecular weight excluding hydrogens is 272 g/mol. The van der Waals surface area contributed by atoms with Crippen LogP contribution in [0.2, 0.25) is 0 Å². The van der Waals surface area contributed by atoms with Crippen molar-refractivity contribution in [1.29, 1.82) is 0 Å². The van der Waals surface area contributed by atoms with Crippen LogP contribution in [0.15, 0.2) is 6.07 Å². The van der Waals surface area contributed by atoms with Gasteiger partial charge in [-0.1, -0.05) is 13.8 Å². The van der Waals surface area contributed by atoms with Crippen molar-refractivity contribution in [3.05, 3.63) is 21.4 Å². The normalized spacial score (nSPS) is 20.9. The van der Waals surface area contributed by atoms with E-state index in [1.807, 2.05) is 11.3 Å². The summed E-state index contributed by atoms with van der Waals surface area (Å²) >= 11 is 4.07. The zero-order chi connectivity index (χ0) is 13.7. The summed E-state index contributed by atoms with van der Waals surface area (Å²) in [6.07, 6.45) is 1.21. The highest BCUT2D eigenvalue weighted by atomic mass is 32.2. The van der Waals surface area contributed by atoms with E-state index in [4.69, 9.17) is 0 Å². The number of thioether (sulfide) groups is 1. The first-order valence-electron chi connectivity index (χ1n) is 7.32. The molecule has 19 heavy (non-hydrogen) atoms. The minimum atomic E-state index is 0.790. The smallest absolute Gasteiger partial charge is 0.0299 e. The highest BCUT2D eigenvalue weighted by Crippen LogP contribution is 2.25. The average molecular weight is 299 g/mol. The Morgan fingerprint density at radius 3 is 3.05 bits per heavy atom. The largest absolute Gasteiger partial charge is 0.312 e. The number of nitrogens with one attached hydrogen (secondary N) is 1. The molecule has 1 aromatic rings. The van der Waals surface area contributed by atoms with Crippen LogP contribution in [0.1, 0.15) is 35.6 Å². The molecule has 108 valence electrons. The monoisotopic (exact) mass is 298 g/mol. The summed E-state index contributed by atoms with van der Waals surface area (Å²) in [5.41, 5.74) is 1.54. The first-order valence-corrected chi connectivity index (χ1v) is 9.18. The summed E-state index contributed by atoms with van der Waals surface area (Å²) in [4.78, 5) is 5.60. The molecule has 0 bridgehead atoms. The first-order chi connectivity index (χ1) is 9.19. The lowest BCUT2D eigenvalue weighted by Gasteiger charge is -2.30. The molecule has 0 aromatic carbocycles. The van der Waals surface area contributed by atoms with E-state index in [9.17, 15) is 0 Å². The molecule has 4 heteroatoms. The van der Waals surface area contributed by atoms with Crippen LogP contribution in [0.3, 0.4) is 0 Å². The van der Waals surface area contributed by atoms with E-state index < -0.39 is 0 Å². The van der Waals surface area contributed by atoms with Crippen LogP contribution in [0.4, 0.5) is 0 Å². The molecule has 1 fully saturated rings. The van der Waals surface area contributed by atoms with Crippen molar-refractivity contribution in [3.8, 4) is 0 Å². The van der Waals surface area contributed by atoms with Gasteiger partial charge in [-0.05, 0) is 31.5 Å². The third kappa shape index (κ3) is 4.78. The van der Waals surface area contributed by atoms with Crippen LogP contribution in [0.25, 0.3) is 0 Å². The molecule has 1 atom stereocenters. The van der Waals surface area contributed by atoms with Gasteiger partial charge in [0.25, 0.3) is 0 Å². The van der Waals surface area contributed by atoms with Crippen LogP contribution in [-0.2, 0) is 13.1 Å². The molecule has 0 spiro atoms. The molecule has 1 aromatic heterocycles. The van der Waals surface area contributed by atoms with E-state index in [2.05, 4.69) is 48.8 Å². The maximum atomic E-state index is 3.50. The summed E-state index contributed by atoms with van der Waals surface area (Å²) < 4.78 is 0. The standard InChI is InChI=1S/C15H26N2S2/c1-4-5-16-9-15-8-14(13(3)19-15)11-17-6-7-18-12(2)10-17/h8,12,16H,4-7,9-11H2,1-3H3. The van der Waals surface area contributed by atoms with E-state index >= 15 is 0 Å². The number of hydrogen-bond donors (Lipinski definition) is 1. The van der Waals surface area contributed by atoms with Crippen molar-refractivity contribution < 1.29 is 0 Å². The second-order valence-corrected chi connectivity index (χ2v) is 8.27. The van der Waals surface area contributed by atoms with Gasteiger partial charge in [0, 0.05) is 46.9 Å². The first kappa shape index (κ1) is 15.4. The van der Waals surface area contributed by atoms with Crippen molar-refractivity contribution in [1.82, 2.24) is 10.2 Å². The molecule has 2 heterocycles.